The van der Waals surface area contributed by atoms with Gasteiger partial charge < -0.3 is 10.6 Å². The van der Waals surface area contributed by atoms with Crippen molar-refractivity contribution in [2.75, 3.05) is 11.9 Å². The van der Waals surface area contributed by atoms with Gasteiger partial charge in [-0.25, -0.2) is 9.97 Å². The molecular formula is C14H18N4OS. The molecule has 0 radical (unpaired) electrons. The van der Waals surface area contributed by atoms with Gasteiger partial charge in [-0.15, -0.1) is 11.3 Å². The number of hydrogen-bond donors (Lipinski definition) is 2. The van der Waals surface area contributed by atoms with Gasteiger partial charge in [0, 0.05) is 18.1 Å². The molecule has 1 amide bonds. The average molecular weight is 290 g/mol. The van der Waals surface area contributed by atoms with Crippen LogP contribution in [0.25, 0.3) is 0 Å². The van der Waals surface area contributed by atoms with Crippen molar-refractivity contribution >= 4 is 28.2 Å². The summed E-state index contributed by atoms with van der Waals surface area (Å²) in [7, 11) is 0. The normalized spacial score (nSPS) is 10.2. The number of anilines is 2. The number of pyridine rings is 1. The number of amides is 1. The van der Waals surface area contributed by atoms with E-state index in [2.05, 4.69) is 27.5 Å². The van der Waals surface area contributed by atoms with Crippen LogP contribution < -0.4 is 10.6 Å². The molecule has 2 aromatic heterocycles. The SMILES string of the molecule is CCCCNC(=O)Cc1csc(Nc2ccccn2)n1. The number of carbonyl (C=O) groups is 1. The van der Waals surface area contributed by atoms with Crippen molar-refractivity contribution in [3.05, 3.63) is 35.5 Å². The van der Waals surface area contributed by atoms with Crippen LogP contribution in [0, 0.1) is 0 Å². The molecule has 0 aliphatic heterocycles. The van der Waals surface area contributed by atoms with Crippen molar-refractivity contribution in [1.82, 2.24) is 15.3 Å². The van der Waals surface area contributed by atoms with E-state index < -0.39 is 0 Å². The maximum Gasteiger partial charge on any atom is 0.226 e. The van der Waals surface area contributed by atoms with Gasteiger partial charge in [0.25, 0.3) is 0 Å². The van der Waals surface area contributed by atoms with Crippen LogP contribution in [0.4, 0.5) is 10.9 Å². The van der Waals surface area contributed by atoms with Gasteiger partial charge in [-0.1, -0.05) is 19.4 Å². The summed E-state index contributed by atoms with van der Waals surface area (Å²) < 4.78 is 0. The number of nitrogens with one attached hydrogen (secondary N) is 2. The Balaban J connectivity index is 1.84. The Hall–Kier alpha value is -1.95. The summed E-state index contributed by atoms with van der Waals surface area (Å²) in [6.45, 7) is 2.83. The molecule has 0 saturated heterocycles. The molecule has 0 spiro atoms. The van der Waals surface area contributed by atoms with Crippen molar-refractivity contribution in [3.8, 4) is 0 Å². The molecule has 0 unspecified atom stereocenters. The highest BCUT2D eigenvalue weighted by Gasteiger charge is 2.07. The van der Waals surface area contributed by atoms with Crippen LogP contribution in [-0.2, 0) is 11.2 Å². The number of nitrogens with zero attached hydrogens (tertiary/aromatic N) is 2. The molecule has 2 aromatic rings. The average Bonchev–Trinajstić information content (AvgIpc) is 2.87. The first-order chi connectivity index (χ1) is 9.78. The van der Waals surface area contributed by atoms with Gasteiger partial charge in [0.05, 0.1) is 12.1 Å². The monoisotopic (exact) mass is 290 g/mol. The third-order valence-electron chi connectivity index (χ3n) is 2.65. The summed E-state index contributed by atoms with van der Waals surface area (Å²) in [6, 6.07) is 5.64. The van der Waals surface area contributed by atoms with Crippen LogP contribution in [-0.4, -0.2) is 22.4 Å². The number of unbranched alkanes of at least 4 members (excludes halogenated alkanes) is 1. The first kappa shape index (κ1) is 14.5. The second kappa shape index (κ2) is 7.59. The number of aromatic nitrogens is 2. The van der Waals surface area contributed by atoms with E-state index in [1.807, 2.05) is 23.6 Å². The van der Waals surface area contributed by atoms with Crippen LogP contribution in [0.5, 0.6) is 0 Å². The fourth-order valence-corrected chi connectivity index (χ4v) is 2.34. The first-order valence-electron chi connectivity index (χ1n) is 6.67. The zero-order valence-electron chi connectivity index (χ0n) is 11.4. The maximum absolute atomic E-state index is 11.7. The lowest BCUT2D eigenvalue weighted by Crippen LogP contribution is -2.26. The van der Waals surface area contributed by atoms with Gasteiger partial charge in [0.2, 0.25) is 5.91 Å². The summed E-state index contributed by atoms with van der Waals surface area (Å²) in [5.41, 5.74) is 0.780. The van der Waals surface area contributed by atoms with Crippen molar-refractivity contribution < 1.29 is 4.79 Å². The highest BCUT2D eigenvalue weighted by atomic mass is 32.1. The quantitative estimate of drug-likeness (QED) is 0.769. The van der Waals surface area contributed by atoms with Gasteiger partial charge in [-0.3, -0.25) is 4.79 Å². The Morgan fingerprint density at radius 2 is 2.30 bits per heavy atom. The van der Waals surface area contributed by atoms with Gasteiger partial charge in [-0.2, -0.15) is 0 Å². The molecule has 0 saturated carbocycles. The molecule has 0 aliphatic rings. The minimum atomic E-state index is 0.0214. The largest absolute Gasteiger partial charge is 0.356 e. The number of rotatable bonds is 7. The number of hydrogen-bond acceptors (Lipinski definition) is 5. The minimum absolute atomic E-state index is 0.0214. The fourth-order valence-electron chi connectivity index (χ4n) is 1.62. The van der Waals surface area contributed by atoms with E-state index in [-0.39, 0.29) is 5.91 Å². The minimum Gasteiger partial charge on any atom is -0.356 e. The van der Waals surface area contributed by atoms with Crippen molar-refractivity contribution in [2.24, 2.45) is 0 Å². The topological polar surface area (TPSA) is 66.9 Å². The molecule has 6 heteroatoms. The molecule has 0 atom stereocenters. The molecule has 0 aromatic carbocycles. The Bertz CT molecular complexity index is 541. The van der Waals surface area contributed by atoms with Crippen LogP contribution in [0.3, 0.4) is 0 Å². The van der Waals surface area contributed by atoms with Gasteiger partial charge in [0.15, 0.2) is 5.13 Å². The van der Waals surface area contributed by atoms with E-state index in [1.165, 1.54) is 11.3 Å². The molecule has 2 rings (SSSR count). The molecule has 20 heavy (non-hydrogen) atoms. The van der Waals surface area contributed by atoms with E-state index in [0.29, 0.717) is 6.42 Å². The highest BCUT2D eigenvalue weighted by molar-refractivity contribution is 7.13. The third-order valence-corrected chi connectivity index (χ3v) is 3.45. The van der Waals surface area contributed by atoms with E-state index in [9.17, 15) is 4.79 Å². The van der Waals surface area contributed by atoms with E-state index in [1.54, 1.807) is 6.20 Å². The lowest BCUT2D eigenvalue weighted by atomic mass is 10.3. The summed E-state index contributed by atoms with van der Waals surface area (Å²) in [5, 5.41) is 8.64. The standard InChI is InChI=1S/C14H18N4OS/c1-2-3-7-16-13(19)9-11-10-20-14(17-11)18-12-6-4-5-8-15-12/h4-6,8,10H,2-3,7,9H2,1H3,(H,16,19)(H,15,17,18). The summed E-state index contributed by atoms with van der Waals surface area (Å²) in [4.78, 5) is 20.2. The fraction of sp³-hybridized carbons (Fsp3) is 0.357. The Morgan fingerprint density at radius 1 is 1.40 bits per heavy atom. The zero-order valence-corrected chi connectivity index (χ0v) is 12.2. The number of thiazole rings is 1. The van der Waals surface area contributed by atoms with E-state index >= 15 is 0 Å². The molecule has 5 nitrogen and oxygen atoms in total. The summed E-state index contributed by atoms with van der Waals surface area (Å²) in [6.07, 6.45) is 4.13. The van der Waals surface area contributed by atoms with Crippen LogP contribution in [0.2, 0.25) is 0 Å². The second-order valence-corrected chi connectivity index (χ2v) is 5.22. The van der Waals surface area contributed by atoms with Gasteiger partial charge >= 0.3 is 0 Å². The lowest BCUT2D eigenvalue weighted by Gasteiger charge is -2.02. The van der Waals surface area contributed by atoms with Crippen molar-refractivity contribution in [1.29, 1.82) is 0 Å². The third kappa shape index (κ3) is 4.62. The van der Waals surface area contributed by atoms with Crippen LogP contribution >= 0.6 is 11.3 Å². The molecule has 2 heterocycles. The molecular weight excluding hydrogens is 272 g/mol. The van der Waals surface area contributed by atoms with Gasteiger partial charge in [0.1, 0.15) is 5.82 Å². The maximum atomic E-state index is 11.7. The predicted octanol–water partition coefficient (Wildman–Crippen LogP) is 2.74. The van der Waals surface area contributed by atoms with Gasteiger partial charge in [-0.05, 0) is 18.6 Å². The smallest absolute Gasteiger partial charge is 0.226 e. The first-order valence-corrected chi connectivity index (χ1v) is 7.55. The van der Waals surface area contributed by atoms with Crippen LogP contribution in [0.1, 0.15) is 25.5 Å². The second-order valence-electron chi connectivity index (χ2n) is 4.36. The highest BCUT2D eigenvalue weighted by Crippen LogP contribution is 2.19. The molecule has 0 aliphatic carbocycles. The van der Waals surface area contributed by atoms with Crippen molar-refractivity contribution in [3.63, 3.8) is 0 Å². The Labute approximate surface area is 122 Å². The summed E-state index contributed by atoms with van der Waals surface area (Å²) in [5.74, 6) is 0.772. The van der Waals surface area contributed by atoms with E-state index in [4.69, 9.17) is 0 Å². The van der Waals surface area contributed by atoms with Crippen molar-refractivity contribution in [2.45, 2.75) is 26.2 Å². The molecule has 106 valence electrons. The molecule has 2 N–H and O–H groups in total. The summed E-state index contributed by atoms with van der Waals surface area (Å²) >= 11 is 1.47. The Kier molecular flexibility index (Phi) is 5.49. The number of carbonyl (C=O) groups excluding carboxylic acids is 1. The lowest BCUT2D eigenvalue weighted by molar-refractivity contribution is -0.120. The Morgan fingerprint density at radius 3 is 3.05 bits per heavy atom. The predicted molar refractivity (Wildman–Crippen MR) is 81.3 cm³/mol. The molecule has 0 bridgehead atoms. The van der Waals surface area contributed by atoms with E-state index in [0.717, 1.165) is 36.0 Å². The van der Waals surface area contributed by atoms with Crippen LogP contribution in [0.15, 0.2) is 29.8 Å². The zero-order chi connectivity index (χ0) is 14.2. The molecule has 0 fully saturated rings.